The number of carbonyl (C=O) groups is 3. The molecule has 0 saturated heterocycles. The van der Waals surface area contributed by atoms with Crippen molar-refractivity contribution >= 4 is 23.3 Å². The lowest BCUT2D eigenvalue weighted by Crippen LogP contribution is -2.24. The lowest BCUT2D eigenvalue weighted by Gasteiger charge is -2.06. The number of primary amides is 1. The van der Waals surface area contributed by atoms with Crippen LogP contribution in [0.15, 0.2) is 54.6 Å². The molecule has 0 aliphatic carbocycles. The molecule has 3 aromatic rings. The molecule has 136 valence electrons. The predicted molar refractivity (Wildman–Crippen MR) is 101 cm³/mol. The van der Waals surface area contributed by atoms with Crippen LogP contribution in [0, 0.1) is 13.8 Å². The third-order valence-electron chi connectivity index (χ3n) is 4.15. The predicted octanol–water partition coefficient (Wildman–Crippen LogP) is 2.41. The molecule has 2 aromatic carbocycles. The van der Waals surface area contributed by atoms with Crippen LogP contribution in [0.1, 0.15) is 32.1 Å². The first kappa shape index (κ1) is 18.1. The molecule has 0 unspecified atom stereocenters. The van der Waals surface area contributed by atoms with Gasteiger partial charge in [-0.15, -0.1) is 0 Å². The summed E-state index contributed by atoms with van der Waals surface area (Å²) < 4.78 is 1.64. The molecule has 0 fully saturated rings. The Hall–Kier alpha value is -3.74. The number of nitrogens with two attached hydrogens (primary N) is 1. The van der Waals surface area contributed by atoms with Crippen molar-refractivity contribution < 1.29 is 14.4 Å². The van der Waals surface area contributed by atoms with Gasteiger partial charge in [-0.1, -0.05) is 18.2 Å². The minimum absolute atomic E-state index is 0.269. The van der Waals surface area contributed by atoms with Crippen molar-refractivity contribution in [1.29, 1.82) is 0 Å². The highest BCUT2D eigenvalue weighted by Gasteiger charge is 2.25. The van der Waals surface area contributed by atoms with Gasteiger partial charge in [0.2, 0.25) is 5.91 Å². The molecule has 0 spiro atoms. The van der Waals surface area contributed by atoms with Crippen molar-refractivity contribution in [1.82, 2.24) is 9.78 Å². The Morgan fingerprint density at radius 2 is 1.59 bits per heavy atom. The van der Waals surface area contributed by atoms with E-state index >= 15 is 0 Å². The standard InChI is InChI=1S/C20H18N4O3/c1-12-17(13(2)24(23-12)16-6-4-3-5-7-16)18(25)20(27)22-15-10-8-14(9-11-15)19(21)26/h3-11H,1-2H3,(H2,21,26)(H,22,27). The number of carbonyl (C=O) groups excluding carboxylic acids is 3. The summed E-state index contributed by atoms with van der Waals surface area (Å²) in [5, 5.41) is 6.92. The lowest BCUT2D eigenvalue weighted by atomic mass is 10.1. The second kappa shape index (κ2) is 7.25. The number of aryl methyl sites for hydroxylation is 1. The number of hydrogen-bond donors (Lipinski definition) is 2. The number of amides is 2. The summed E-state index contributed by atoms with van der Waals surface area (Å²) in [7, 11) is 0. The molecule has 1 heterocycles. The van der Waals surface area contributed by atoms with Crippen LogP contribution in [0.2, 0.25) is 0 Å². The van der Waals surface area contributed by atoms with Crippen molar-refractivity contribution in [2.75, 3.05) is 5.32 Å². The number of ketones is 1. The minimum Gasteiger partial charge on any atom is -0.366 e. The number of Topliss-reactive ketones (excluding diaryl/α,β-unsaturated/α-hetero) is 1. The van der Waals surface area contributed by atoms with Gasteiger partial charge < -0.3 is 11.1 Å². The van der Waals surface area contributed by atoms with Gasteiger partial charge in [0.15, 0.2) is 0 Å². The summed E-state index contributed by atoms with van der Waals surface area (Å²) in [5.41, 5.74) is 8.02. The number of nitrogens with one attached hydrogen (secondary N) is 1. The molecule has 7 heteroatoms. The smallest absolute Gasteiger partial charge is 0.296 e. The van der Waals surface area contributed by atoms with Crippen molar-refractivity contribution in [3.8, 4) is 5.69 Å². The van der Waals surface area contributed by atoms with Crippen molar-refractivity contribution in [3.05, 3.63) is 77.1 Å². The molecule has 0 aliphatic rings. The van der Waals surface area contributed by atoms with E-state index in [9.17, 15) is 14.4 Å². The van der Waals surface area contributed by atoms with Gasteiger partial charge in [-0.2, -0.15) is 5.10 Å². The average Bonchev–Trinajstić information content (AvgIpc) is 2.96. The van der Waals surface area contributed by atoms with Crippen molar-refractivity contribution in [2.24, 2.45) is 5.73 Å². The van der Waals surface area contributed by atoms with Crippen LogP contribution in [0.5, 0.6) is 0 Å². The SMILES string of the molecule is Cc1nn(-c2ccccc2)c(C)c1C(=O)C(=O)Nc1ccc(C(N)=O)cc1. The van der Waals surface area contributed by atoms with Gasteiger partial charge in [-0.05, 0) is 50.2 Å². The van der Waals surface area contributed by atoms with E-state index in [1.165, 1.54) is 24.3 Å². The number of rotatable bonds is 5. The van der Waals surface area contributed by atoms with E-state index in [0.29, 0.717) is 22.6 Å². The number of aromatic nitrogens is 2. The Morgan fingerprint density at radius 1 is 0.963 bits per heavy atom. The second-order valence-electron chi connectivity index (χ2n) is 6.02. The fourth-order valence-corrected chi connectivity index (χ4v) is 2.81. The largest absolute Gasteiger partial charge is 0.366 e. The Bertz CT molecular complexity index is 1020. The van der Waals surface area contributed by atoms with Gasteiger partial charge in [0.05, 0.1) is 22.6 Å². The summed E-state index contributed by atoms with van der Waals surface area (Å²) in [4.78, 5) is 36.2. The van der Waals surface area contributed by atoms with Gasteiger partial charge in [-0.25, -0.2) is 4.68 Å². The number of anilines is 1. The molecule has 27 heavy (non-hydrogen) atoms. The molecule has 0 atom stereocenters. The quantitative estimate of drug-likeness (QED) is 0.537. The highest BCUT2D eigenvalue weighted by atomic mass is 16.2. The van der Waals surface area contributed by atoms with Crippen LogP contribution in [0.25, 0.3) is 5.69 Å². The first-order valence-electron chi connectivity index (χ1n) is 8.25. The van der Waals surface area contributed by atoms with E-state index in [4.69, 9.17) is 5.73 Å². The van der Waals surface area contributed by atoms with Crippen molar-refractivity contribution in [2.45, 2.75) is 13.8 Å². The maximum Gasteiger partial charge on any atom is 0.296 e. The fourth-order valence-electron chi connectivity index (χ4n) is 2.81. The van der Waals surface area contributed by atoms with Gasteiger partial charge in [0.25, 0.3) is 11.7 Å². The molecule has 2 amide bonds. The lowest BCUT2D eigenvalue weighted by molar-refractivity contribution is -0.112. The molecular weight excluding hydrogens is 344 g/mol. The maximum atomic E-state index is 12.7. The Kier molecular flexibility index (Phi) is 4.85. The molecule has 3 rings (SSSR count). The summed E-state index contributed by atoms with van der Waals surface area (Å²) in [6, 6.07) is 15.3. The number of nitrogens with zero attached hydrogens (tertiary/aromatic N) is 2. The summed E-state index contributed by atoms with van der Waals surface area (Å²) in [6.45, 7) is 3.43. The number of benzene rings is 2. The molecule has 3 N–H and O–H groups in total. The molecule has 7 nitrogen and oxygen atoms in total. The van der Waals surface area contributed by atoms with Crippen LogP contribution < -0.4 is 11.1 Å². The summed E-state index contributed by atoms with van der Waals surface area (Å²) >= 11 is 0. The minimum atomic E-state index is -0.777. The summed E-state index contributed by atoms with van der Waals surface area (Å²) in [6.07, 6.45) is 0. The van der Waals surface area contributed by atoms with Gasteiger partial charge in [-0.3, -0.25) is 14.4 Å². The fraction of sp³-hybridized carbons (Fsp3) is 0.100. The first-order valence-corrected chi connectivity index (χ1v) is 8.25. The zero-order valence-corrected chi connectivity index (χ0v) is 14.9. The maximum absolute atomic E-state index is 12.7. The van der Waals surface area contributed by atoms with E-state index in [2.05, 4.69) is 10.4 Å². The topological polar surface area (TPSA) is 107 Å². The first-order chi connectivity index (χ1) is 12.9. The third-order valence-corrected chi connectivity index (χ3v) is 4.15. The zero-order valence-electron chi connectivity index (χ0n) is 14.9. The highest BCUT2D eigenvalue weighted by Crippen LogP contribution is 2.19. The van der Waals surface area contributed by atoms with E-state index in [1.807, 2.05) is 30.3 Å². The summed E-state index contributed by atoms with van der Waals surface area (Å²) in [5.74, 6) is -2.02. The van der Waals surface area contributed by atoms with Gasteiger partial charge in [0, 0.05) is 11.3 Å². The molecule has 0 saturated carbocycles. The molecule has 1 aromatic heterocycles. The second-order valence-corrected chi connectivity index (χ2v) is 6.02. The van der Waals surface area contributed by atoms with Gasteiger partial charge >= 0.3 is 0 Å². The highest BCUT2D eigenvalue weighted by molar-refractivity contribution is 6.47. The van der Waals surface area contributed by atoms with E-state index in [0.717, 1.165) is 5.69 Å². The number of hydrogen-bond acceptors (Lipinski definition) is 4. The van der Waals surface area contributed by atoms with E-state index < -0.39 is 17.6 Å². The normalized spacial score (nSPS) is 10.4. The van der Waals surface area contributed by atoms with Crippen LogP contribution >= 0.6 is 0 Å². The monoisotopic (exact) mass is 362 g/mol. The third kappa shape index (κ3) is 3.62. The Labute approximate surface area is 155 Å². The molecule has 0 bridgehead atoms. The molecular formula is C20H18N4O3. The van der Waals surface area contributed by atoms with E-state index in [1.54, 1.807) is 18.5 Å². The van der Waals surface area contributed by atoms with Gasteiger partial charge in [0.1, 0.15) is 0 Å². The Morgan fingerprint density at radius 3 is 2.19 bits per heavy atom. The number of para-hydroxylation sites is 1. The Balaban J connectivity index is 1.84. The zero-order chi connectivity index (χ0) is 19.6. The average molecular weight is 362 g/mol. The molecule has 0 radical (unpaired) electrons. The molecule has 0 aliphatic heterocycles. The van der Waals surface area contributed by atoms with Crippen molar-refractivity contribution in [3.63, 3.8) is 0 Å². The van der Waals surface area contributed by atoms with Crippen LogP contribution in [-0.4, -0.2) is 27.4 Å². The van der Waals surface area contributed by atoms with Crippen LogP contribution in [0.3, 0.4) is 0 Å². The van der Waals surface area contributed by atoms with Crippen LogP contribution in [0.4, 0.5) is 5.69 Å². The van der Waals surface area contributed by atoms with Crippen LogP contribution in [-0.2, 0) is 4.79 Å². The van der Waals surface area contributed by atoms with E-state index in [-0.39, 0.29) is 5.56 Å².